The second-order valence-electron chi connectivity index (χ2n) is 2.66. The van der Waals surface area contributed by atoms with E-state index in [0.717, 1.165) is 5.57 Å². The molecule has 4 nitrogen and oxygen atoms in total. The van der Waals surface area contributed by atoms with Crippen molar-refractivity contribution in [3.05, 3.63) is 24.3 Å². The van der Waals surface area contributed by atoms with Gasteiger partial charge in [0, 0.05) is 0 Å². The summed E-state index contributed by atoms with van der Waals surface area (Å²) in [6.45, 7) is 5.21. The monoisotopic (exact) mass is 185 g/mol. The lowest BCUT2D eigenvalue weighted by molar-refractivity contribution is 0.191. The molecule has 0 unspecified atom stereocenters. The van der Waals surface area contributed by atoms with Crippen LogP contribution < -0.4 is 5.32 Å². The van der Waals surface area contributed by atoms with Gasteiger partial charge in [-0.2, -0.15) is 0 Å². The lowest BCUT2D eigenvalue weighted by Gasteiger charge is -2.15. The Morgan fingerprint density at radius 2 is 2.31 bits per heavy atom. The molecule has 74 valence electrons. The second-order valence-corrected chi connectivity index (χ2v) is 2.66. The zero-order valence-electron chi connectivity index (χ0n) is 7.66. The van der Waals surface area contributed by atoms with Crippen LogP contribution in [-0.2, 0) is 0 Å². The van der Waals surface area contributed by atoms with Crippen molar-refractivity contribution >= 4 is 6.09 Å². The van der Waals surface area contributed by atoms with Gasteiger partial charge in [0.25, 0.3) is 0 Å². The van der Waals surface area contributed by atoms with Crippen LogP contribution in [0.15, 0.2) is 24.3 Å². The number of carbonyl (C=O) groups is 1. The highest BCUT2D eigenvalue weighted by Crippen LogP contribution is 2.05. The first-order valence-corrected chi connectivity index (χ1v) is 3.99. The standard InChI is InChI=1S/C9H15NO3/c1-3-4-8(10-9(12)13)7(2)5-6-11/h3,5,8,10-11H,1,4,6H2,2H3,(H,12,13)/b7-5+/t8-/m0/s1. The van der Waals surface area contributed by atoms with Gasteiger partial charge in [-0.15, -0.1) is 6.58 Å². The molecule has 1 atom stereocenters. The van der Waals surface area contributed by atoms with Crippen molar-refractivity contribution in [3.8, 4) is 0 Å². The van der Waals surface area contributed by atoms with Crippen LogP contribution >= 0.6 is 0 Å². The summed E-state index contributed by atoms with van der Waals surface area (Å²) in [6, 6.07) is -0.290. The zero-order valence-corrected chi connectivity index (χ0v) is 7.66. The predicted molar refractivity (Wildman–Crippen MR) is 50.6 cm³/mol. The third-order valence-corrected chi connectivity index (χ3v) is 1.66. The van der Waals surface area contributed by atoms with Crippen LogP contribution in [0.4, 0.5) is 4.79 Å². The number of aliphatic hydroxyl groups is 1. The molecule has 0 aliphatic rings. The Kier molecular flexibility index (Phi) is 5.63. The number of carboxylic acid groups (broad SMARTS) is 1. The molecule has 3 N–H and O–H groups in total. The highest BCUT2D eigenvalue weighted by atomic mass is 16.4. The van der Waals surface area contributed by atoms with Crippen molar-refractivity contribution in [2.75, 3.05) is 6.61 Å². The number of hydrogen-bond acceptors (Lipinski definition) is 2. The SMILES string of the molecule is C=CC[C@H](NC(=O)O)/C(C)=C/CO. The van der Waals surface area contributed by atoms with Crippen LogP contribution in [0.5, 0.6) is 0 Å². The van der Waals surface area contributed by atoms with E-state index in [1.165, 1.54) is 0 Å². The highest BCUT2D eigenvalue weighted by Gasteiger charge is 2.10. The van der Waals surface area contributed by atoms with Crippen LogP contribution in [0.1, 0.15) is 13.3 Å². The normalized spacial score (nSPS) is 13.5. The Balaban J connectivity index is 4.30. The molecule has 0 aromatic rings. The van der Waals surface area contributed by atoms with E-state index in [4.69, 9.17) is 10.2 Å². The van der Waals surface area contributed by atoms with E-state index in [2.05, 4.69) is 11.9 Å². The summed E-state index contributed by atoms with van der Waals surface area (Å²) in [5.41, 5.74) is 0.796. The number of rotatable bonds is 5. The summed E-state index contributed by atoms with van der Waals surface area (Å²) in [4.78, 5) is 10.4. The molecule has 0 aromatic carbocycles. The third kappa shape index (κ3) is 5.03. The van der Waals surface area contributed by atoms with Gasteiger partial charge in [0.1, 0.15) is 0 Å². The number of amides is 1. The van der Waals surface area contributed by atoms with Gasteiger partial charge in [0.05, 0.1) is 12.6 Å². The molecule has 0 radical (unpaired) electrons. The molecule has 0 aliphatic carbocycles. The van der Waals surface area contributed by atoms with Crippen molar-refractivity contribution in [1.82, 2.24) is 5.32 Å². The third-order valence-electron chi connectivity index (χ3n) is 1.66. The molecule has 0 saturated heterocycles. The number of aliphatic hydroxyl groups excluding tert-OH is 1. The molecule has 0 saturated carbocycles. The summed E-state index contributed by atoms with van der Waals surface area (Å²) in [5, 5.41) is 19.4. The van der Waals surface area contributed by atoms with E-state index < -0.39 is 6.09 Å². The first-order chi connectivity index (χ1) is 6.11. The van der Waals surface area contributed by atoms with Crippen molar-refractivity contribution in [3.63, 3.8) is 0 Å². The van der Waals surface area contributed by atoms with E-state index in [0.29, 0.717) is 6.42 Å². The van der Waals surface area contributed by atoms with Gasteiger partial charge in [-0.3, -0.25) is 0 Å². The molecule has 0 heterocycles. The summed E-state index contributed by atoms with van der Waals surface area (Å²) in [6.07, 6.45) is 2.66. The first-order valence-electron chi connectivity index (χ1n) is 3.99. The van der Waals surface area contributed by atoms with Gasteiger partial charge >= 0.3 is 6.09 Å². The number of nitrogens with one attached hydrogen (secondary N) is 1. The summed E-state index contributed by atoms with van der Waals surface area (Å²) in [7, 11) is 0. The van der Waals surface area contributed by atoms with Crippen LogP contribution in [-0.4, -0.2) is 29.0 Å². The van der Waals surface area contributed by atoms with Crippen molar-refractivity contribution in [2.24, 2.45) is 0 Å². The molecule has 0 spiro atoms. The fourth-order valence-corrected chi connectivity index (χ4v) is 0.961. The van der Waals surface area contributed by atoms with Crippen LogP contribution in [0.2, 0.25) is 0 Å². The minimum Gasteiger partial charge on any atom is -0.465 e. The largest absolute Gasteiger partial charge is 0.465 e. The Hall–Kier alpha value is -1.29. The molecule has 0 rings (SSSR count). The second kappa shape index (κ2) is 6.25. The van der Waals surface area contributed by atoms with E-state index in [-0.39, 0.29) is 12.6 Å². The molecule has 4 heteroatoms. The molecule has 0 bridgehead atoms. The van der Waals surface area contributed by atoms with Gasteiger partial charge < -0.3 is 15.5 Å². The van der Waals surface area contributed by atoms with Crippen molar-refractivity contribution in [2.45, 2.75) is 19.4 Å². The fourth-order valence-electron chi connectivity index (χ4n) is 0.961. The van der Waals surface area contributed by atoms with Crippen molar-refractivity contribution < 1.29 is 15.0 Å². The average Bonchev–Trinajstić information content (AvgIpc) is 2.03. The molecular formula is C9H15NO3. The molecule has 0 fully saturated rings. The average molecular weight is 185 g/mol. The smallest absolute Gasteiger partial charge is 0.405 e. The van der Waals surface area contributed by atoms with E-state index in [1.54, 1.807) is 19.1 Å². The Morgan fingerprint density at radius 3 is 2.69 bits per heavy atom. The zero-order chi connectivity index (χ0) is 10.3. The fraction of sp³-hybridized carbons (Fsp3) is 0.444. The van der Waals surface area contributed by atoms with Crippen LogP contribution in [0, 0.1) is 0 Å². The van der Waals surface area contributed by atoms with Crippen LogP contribution in [0.3, 0.4) is 0 Å². The van der Waals surface area contributed by atoms with Gasteiger partial charge in [-0.05, 0) is 13.3 Å². The topological polar surface area (TPSA) is 69.6 Å². The van der Waals surface area contributed by atoms with E-state index >= 15 is 0 Å². The quantitative estimate of drug-likeness (QED) is 0.562. The van der Waals surface area contributed by atoms with E-state index in [9.17, 15) is 4.79 Å². The Bertz CT molecular complexity index is 211. The molecular weight excluding hydrogens is 170 g/mol. The minimum atomic E-state index is -1.07. The predicted octanol–water partition coefficient (Wildman–Crippen LogP) is 1.14. The van der Waals surface area contributed by atoms with Crippen molar-refractivity contribution in [1.29, 1.82) is 0 Å². The number of hydrogen-bond donors (Lipinski definition) is 3. The lowest BCUT2D eigenvalue weighted by atomic mass is 10.1. The van der Waals surface area contributed by atoms with Gasteiger partial charge in [0.15, 0.2) is 0 Å². The van der Waals surface area contributed by atoms with Gasteiger partial charge in [-0.1, -0.05) is 17.7 Å². The maximum absolute atomic E-state index is 10.4. The maximum atomic E-state index is 10.4. The minimum absolute atomic E-state index is 0.0826. The van der Waals surface area contributed by atoms with Crippen LogP contribution in [0.25, 0.3) is 0 Å². The first kappa shape index (κ1) is 11.7. The lowest BCUT2D eigenvalue weighted by Crippen LogP contribution is -2.34. The summed E-state index contributed by atoms with van der Waals surface area (Å²) < 4.78 is 0. The molecule has 0 aromatic heterocycles. The Labute approximate surface area is 77.6 Å². The molecule has 1 amide bonds. The summed E-state index contributed by atoms with van der Waals surface area (Å²) >= 11 is 0. The molecule has 0 aliphatic heterocycles. The van der Waals surface area contributed by atoms with Gasteiger partial charge in [0.2, 0.25) is 0 Å². The highest BCUT2D eigenvalue weighted by molar-refractivity contribution is 5.65. The maximum Gasteiger partial charge on any atom is 0.405 e. The van der Waals surface area contributed by atoms with Gasteiger partial charge in [-0.25, -0.2) is 4.79 Å². The van der Waals surface area contributed by atoms with E-state index in [1.807, 2.05) is 0 Å². The Morgan fingerprint density at radius 1 is 1.69 bits per heavy atom. The molecule has 13 heavy (non-hydrogen) atoms. The summed E-state index contributed by atoms with van der Waals surface area (Å²) in [5.74, 6) is 0.